The molecule has 0 amide bonds. The van der Waals surface area contributed by atoms with Crippen molar-refractivity contribution in [2.24, 2.45) is 0 Å². The molecule has 0 saturated heterocycles. The fraction of sp³-hybridized carbons (Fsp3) is 0.600. The molecule has 1 N–H and O–H groups in total. The maximum Gasteiger partial charge on any atom is 0.252 e. The Morgan fingerprint density at radius 3 is 2.44 bits per heavy atom. The Labute approximate surface area is 101 Å². The summed E-state index contributed by atoms with van der Waals surface area (Å²) in [5.41, 5.74) is 0.980. The number of rotatable bonds is 4. The van der Waals surface area contributed by atoms with Crippen molar-refractivity contribution >= 4 is 21.4 Å². The monoisotopic (exact) mass is 263 g/mol. The number of aryl methyl sites for hydroxylation is 2. The average molecular weight is 263 g/mol. The molecule has 0 aromatic carbocycles. The number of hydrogen-bond acceptors (Lipinski definition) is 4. The van der Waals surface area contributed by atoms with Crippen LogP contribution in [0.2, 0.25) is 0 Å². The van der Waals surface area contributed by atoms with Crippen molar-refractivity contribution in [1.82, 2.24) is 4.31 Å². The van der Waals surface area contributed by atoms with Crippen LogP contribution in [0.1, 0.15) is 17.4 Å². The van der Waals surface area contributed by atoms with Crippen molar-refractivity contribution in [3.8, 4) is 0 Å². The standard InChI is InChI=1S/C10H17NO3S2/c1-7-5-10(15-9(7)3)16(13,14)11(4)8(2)6-12/h5,8,12H,6H2,1-4H3. The predicted octanol–water partition coefficient (Wildman–Crippen LogP) is 1.37. The maximum absolute atomic E-state index is 12.1. The summed E-state index contributed by atoms with van der Waals surface area (Å²) in [7, 11) is -1.97. The molecule has 0 aliphatic carbocycles. The second-order valence-electron chi connectivity index (χ2n) is 3.86. The van der Waals surface area contributed by atoms with Crippen molar-refractivity contribution in [2.75, 3.05) is 13.7 Å². The lowest BCUT2D eigenvalue weighted by molar-refractivity contribution is 0.214. The average Bonchev–Trinajstić information content (AvgIpc) is 2.57. The summed E-state index contributed by atoms with van der Waals surface area (Å²) in [5.74, 6) is 0. The van der Waals surface area contributed by atoms with Gasteiger partial charge in [-0.25, -0.2) is 8.42 Å². The molecule has 1 heterocycles. The van der Waals surface area contributed by atoms with Crippen LogP contribution in [0.5, 0.6) is 0 Å². The van der Waals surface area contributed by atoms with E-state index in [4.69, 9.17) is 5.11 Å². The Hall–Kier alpha value is -0.430. The van der Waals surface area contributed by atoms with E-state index in [1.807, 2.05) is 13.8 Å². The first-order valence-corrected chi connectivity index (χ1v) is 7.22. The van der Waals surface area contributed by atoms with E-state index < -0.39 is 16.1 Å². The maximum atomic E-state index is 12.1. The van der Waals surface area contributed by atoms with Gasteiger partial charge < -0.3 is 5.11 Å². The minimum Gasteiger partial charge on any atom is -0.395 e. The molecule has 0 saturated carbocycles. The van der Waals surface area contributed by atoms with Crippen molar-refractivity contribution in [3.63, 3.8) is 0 Å². The van der Waals surface area contributed by atoms with Crippen LogP contribution in [0.3, 0.4) is 0 Å². The lowest BCUT2D eigenvalue weighted by Crippen LogP contribution is -2.36. The molecule has 0 bridgehead atoms. The third-order valence-corrected chi connectivity index (χ3v) is 6.24. The fourth-order valence-corrected chi connectivity index (χ4v) is 4.22. The molecule has 0 aliphatic heterocycles. The van der Waals surface area contributed by atoms with Gasteiger partial charge in [0.1, 0.15) is 4.21 Å². The minimum absolute atomic E-state index is 0.181. The van der Waals surface area contributed by atoms with Gasteiger partial charge in [-0.15, -0.1) is 11.3 Å². The summed E-state index contributed by atoms with van der Waals surface area (Å²) in [6, 6.07) is 1.27. The molecule has 0 radical (unpaired) electrons. The number of nitrogens with zero attached hydrogens (tertiary/aromatic N) is 1. The highest BCUT2D eigenvalue weighted by molar-refractivity contribution is 7.91. The van der Waals surface area contributed by atoms with Gasteiger partial charge in [-0.3, -0.25) is 0 Å². The third-order valence-electron chi connectivity index (χ3n) is 2.66. The van der Waals surface area contributed by atoms with Crippen LogP contribution in [-0.2, 0) is 10.0 Å². The molecule has 1 atom stereocenters. The summed E-state index contributed by atoms with van der Waals surface area (Å²) < 4.78 is 25.8. The van der Waals surface area contributed by atoms with Crippen LogP contribution >= 0.6 is 11.3 Å². The van der Waals surface area contributed by atoms with E-state index in [-0.39, 0.29) is 6.61 Å². The van der Waals surface area contributed by atoms with Gasteiger partial charge in [-0.1, -0.05) is 0 Å². The molecular formula is C10H17NO3S2. The number of sulfonamides is 1. The number of likely N-dealkylation sites (N-methyl/N-ethyl adjacent to an activating group) is 1. The Kier molecular flexibility index (Phi) is 4.12. The van der Waals surface area contributed by atoms with E-state index in [9.17, 15) is 8.42 Å². The highest BCUT2D eigenvalue weighted by atomic mass is 32.2. The molecular weight excluding hydrogens is 246 g/mol. The zero-order valence-electron chi connectivity index (χ0n) is 9.89. The molecule has 6 heteroatoms. The Morgan fingerprint density at radius 2 is 2.06 bits per heavy atom. The Morgan fingerprint density at radius 1 is 1.50 bits per heavy atom. The van der Waals surface area contributed by atoms with Crippen molar-refractivity contribution in [1.29, 1.82) is 0 Å². The van der Waals surface area contributed by atoms with Crippen LogP contribution in [0.4, 0.5) is 0 Å². The number of aliphatic hydroxyl groups is 1. The van der Waals surface area contributed by atoms with Gasteiger partial charge in [-0.05, 0) is 32.4 Å². The van der Waals surface area contributed by atoms with E-state index in [0.29, 0.717) is 4.21 Å². The molecule has 1 aromatic heterocycles. The molecule has 1 aromatic rings. The highest BCUT2D eigenvalue weighted by Gasteiger charge is 2.26. The molecule has 1 rings (SSSR count). The van der Waals surface area contributed by atoms with Gasteiger partial charge in [0.05, 0.1) is 6.61 Å². The number of hydrogen-bond donors (Lipinski definition) is 1. The summed E-state index contributed by atoms with van der Waals surface area (Å²) in [6.07, 6.45) is 0. The quantitative estimate of drug-likeness (QED) is 0.892. The van der Waals surface area contributed by atoms with Gasteiger partial charge in [0.25, 0.3) is 10.0 Å². The molecule has 0 aliphatic rings. The second-order valence-corrected chi connectivity index (χ2v) is 7.34. The highest BCUT2D eigenvalue weighted by Crippen LogP contribution is 2.27. The van der Waals surface area contributed by atoms with Crippen molar-refractivity contribution < 1.29 is 13.5 Å². The van der Waals surface area contributed by atoms with Gasteiger partial charge in [0, 0.05) is 18.0 Å². The van der Waals surface area contributed by atoms with Crippen LogP contribution in [-0.4, -0.2) is 37.5 Å². The first-order chi connectivity index (χ1) is 7.30. The summed E-state index contributed by atoms with van der Waals surface area (Å²) >= 11 is 1.27. The predicted molar refractivity (Wildman–Crippen MR) is 65.3 cm³/mol. The Bertz CT molecular complexity index is 445. The van der Waals surface area contributed by atoms with Gasteiger partial charge in [0.2, 0.25) is 0 Å². The van der Waals surface area contributed by atoms with E-state index in [1.165, 1.54) is 22.7 Å². The van der Waals surface area contributed by atoms with Crippen molar-refractivity contribution in [2.45, 2.75) is 31.0 Å². The minimum atomic E-state index is -3.46. The molecule has 16 heavy (non-hydrogen) atoms. The molecule has 0 spiro atoms. The van der Waals surface area contributed by atoms with Crippen molar-refractivity contribution in [3.05, 3.63) is 16.5 Å². The molecule has 4 nitrogen and oxygen atoms in total. The third kappa shape index (κ3) is 2.45. The Balaban J connectivity index is 3.11. The summed E-state index contributed by atoms with van der Waals surface area (Å²) in [6.45, 7) is 5.28. The van der Waals surface area contributed by atoms with E-state index in [0.717, 1.165) is 10.4 Å². The smallest absolute Gasteiger partial charge is 0.252 e. The second kappa shape index (κ2) is 4.83. The van der Waals surface area contributed by atoms with E-state index >= 15 is 0 Å². The normalized spacial score (nSPS) is 14.4. The fourth-order valence-electron chi connectivity index (χ4n) is 1.16. The number of thiophene rings is 1. The van der Waals surface area contributed by atoms with Crippen LogP contribution in [0, 0.1) is 13.8 Å². The summed E-state index contributed by atoms with van der Waals surface area (Å²) in [5, 5.41) is 8.97. The summed E-state index contributed by atoms with van der Waals surface area (Å²) in [4.78, 5) is 1.00. The van der Waals surface area contributed by atoms with Crippen LogP contribution < -0.4 is 0 Å². The largest absolute Gasteiger partial charge is 0.395 e. The topological polar surface area (TPSA) is 57.6 Å². The van der Waals surface area contributed by atoms with E-state index in [1.54, 1.807) is 13.0 Å². The van der Waals surface area contributed by atoms with E-state index in [2.05, 4.69) is 0 Å². The lowest BCUT2D eigenvalue weighted by atomic mass is 10.3. The zero-order valence-corrected chi connectivity index (χ0v) is 11.5. The van der Waals surface area contributed by atoms with Crippen LogP contribution in [0.25, 0.3) is 0 Å². The molecule has 0 fully saturated rings. The molecule has 1 unspecified atom stereocenters. The molecule has 92 valence electrons. The first-order valence-electron chi connectivity index (χ1n) is 4.96. The van der Waals surface area contributed by atoms with Gasteiger partial charge in [0.15, 0.2) is 0 Å². The SMILES string of the molecule is Cc1cc(S(=O)(=O)N(C)C(C)CO)sc1C. The van der Waals surface area contributed by atoms with Crippen LogP contribution in [0.15, 0.2) is 10.3 Å². The lowest BCUT2D eigenvalue weighted by Gasteiger charge is -2.21. The zero-order chi connectivity index (χ0) is 12.5. The number of aliphatic hydroxyl groups excluding tert-OH is 1. The van der Waals surface area contributed by atoms with Gasteiger partial charge in [-0.2, -0.15) is 4.31 Å². The first kappa shape index (κ1) is 13.6. The van der Waals surface area contributed by atoms with Gasteiger partial charge >= 0.3 is 0 Å².